The lowest BCUT2D eigenvalue weighted by molar-refractivity contribution is 0.00174. The van der Waals surface area contributed by atoms with Crippen LogP contribution in [0.5, 0.6) is 0 Å². The third kappa shape index (κ3) is 4.25. The van der Waals surface area contributed by atoms with Gasteiger partial charge in [-0.2, -0.15) is 0 Å². The second-order valence-electron chi connectivity index (χ2n) is 6.83. The largest absolute Gasteiger partial charge is 0.444 e. The fraction of sp³-hybridized carbons (Fsp3) is 0.632. The highest BCUT2D eigenvalue weighted by molar-refractivity contribution is 5.85. The van der Waals surface area contributed by atoms with Gasteiger partial charge in [0.25, 0.3) is 0 Å². The molecule has 2 atom stereocenters. The highest BCUT2D eigenvalue weighted by Gasteiger charge is 2.33. The smallest absolute Gasteiger partial charge is 0.411 e. The van der Waals surface area contributed by atoms with Gasteiger partial charge in [-0.1, -0.05) is 31.0 Å². The van der Waals surface area contributed by atoms with Crippen LogP contribution in [0.3, 0.4) is 0 Å². The van der Waals surface area contributed by atoms with E-state index < -0.39 is 0 Å². The fourth-order valence-electron chi connectivity index (χ4n) is 3.87. The van der Waals surface area contributed by atoms with Gasteiger partial charge < -0.3 is 4.74 Å². The van der Waals surface area contributed by atoms with Gasteiger partial charge in [-0.25, -0.2) is 4.79 Å². The van der Waals surface area contributed by atoms with Crippen molar-refractivity contribution >= 4 is 11.8 Å². The number of hydrogen-bond acceptors (Lipinski definition) is 3. The molecule has 2 fully saturated rings. The van der Waals surface area contributed by atoms with Crippen LogP contribution in [-0.4, -0.2) is 36.2 Å². The Labute approximate surface area is 139 Å². The van der Waals surface area contributed by atoms with Gasteiger partial charge in [-0.05, 0) is 63.7 Å². The molecule has 1 aliphatic heterocycles. The van der Waals surface area contributed by atoms with Crippen LogP contribution in [0.15, 0.2) is 24.3 Å². The molecule has 0 bridgehead atoms. The van der Waals surface area contributed by atoms with E-state index >= 15 is 0 Å². The van der Waals surface area contributed by atoms with E-state index in [1.165, 1.54) is 25.7 Å². The van der Waals surface area contributed by atoms with Gasteiger partial charge in [-0.15, -0.1) is 0 Å². The minimum Gasteiger partial charge on any atom is -0.444 e. The van der Waals surface area contributed by atoms with Crippen LogP contribution in [-0.2, 0) is 4.74 Å². The molecule has 1 saturated heterocycles. The van der Waals surface area contributed by atoms with Crippen molar-refractivity contribution in [2.45, 2.75) is 64.0 Å². The Hall–Kier alpha value is -1.55. The normalized spacial score (nSPS) is 25.8. The summed E-state index contributed by atoms with van der Waals surface area (Å²) in [6.07, 6.45) is 8.16. The molecule has 23 heavy (non-hydrogen) atoms. The number of anilines is 1. The maximum Gasteiger partial charge on any atom is 0.411 e. The molecule has 1 aromatic carbocycles. The number of hydrogen-bond donors (Lipinski definition) is 1. The quantitative estimate of drug-likeness (QED) is 0.902. The molecule has 1 N–H and O–H groups in total. The number of carbonyl (C=O) groups excluding carboxylic acids is 1. The van der Waals surface area contributed by atoms with Crippen LogP contribution in [0.25, 0.3) is 0 Å². The lowest BCUT2D eigenvalue weighted by Gasteiger charge is -2.41. The summed E-state index contributed by atoms with van der Waals surface area (Å²) in [4.78, 5) is 14.9. The van der Waals surface area contributed by atoms with Gasteiger partial charge in [-0.3, -0.25) is 10.2 Å². The first-order chi connectivity index (χ1) is 11.2. The first kappa shape index (κ1) is 16.3. The Morgan fingerprint density at radius 3 is 2.61 bits per heavy atom. The van der Waals surface area contributed by atoms with Crippen LogP contribution in [0.2, 0.25) is 0 Å². The molecule has 1 saturated carbocycles. The number of amides is 1. The number of carbonyl (C=O) groups is 1. The molecule has 2 aliphatic rings. The average Bonchev–Trinajstić information content (AvgIpc) is 2.58. The van der Waals surface area contributed by atoms with Crippen LogP contribution >= 0.6 is 0 Å². The number of aryl methyl sites for hydroxylation is 1. The van der Waals surface area contributed by atoms with Gasteiger partial charge in [0, 0.05) is 11.7 Å². The molecule has 1 heterocycles. The first-order valence-corrected chi connectivity index (χ1v) is 9.01. The summed E-state index contributed by atoms with van der Waals surface area (Å²) in [5.41, 5.74) is 1.89. The Kier molecular flexibility index (Phi) is 5.55. The summed E-state index contributed by atoms with van der Waals surface area (Å²) in [5.74, 6) is 0. The molecule has 0 spiro atoms. The van der Waals surface area contributed by atoms with E-state index in [-0.39, 0.29) is 12.2 Å². The Balaban J connectivity index is 1.60. The molecule has 1 aliphatic carbocycles. The van der Waals surface area contributed by atoms with Crippen molar-refractivity contribution < 1.29 is 9.53 Å². The summed E-state index contributed by atoms with van der Waals surface area (Å²) < 4.78 is 5.82. The molecule has 4 heteroatoms. The first-order valence-electron chi connectivity index (χ1n) is 9.01. The van der Waals surface area contributed by atoms with Crippen molar-refractivity contribution in [3.8, 4) is 0 Å². The predicted octanol–water partition coefficient (Wildman–Crippen LogP) is 4.34. The van der Waals surface area contributed by atoms with Gasteiger partial charge >= 0.3 is 6.09 Å². The molecule has 1 amide bonds. The second-order valence-corrected chi connectivity index (χ2v) is 6.83. The number of rotatable bonds is 3. The number of piperidine rings is 1. The van der Waals surface area contributed by atoms with Crippen molar-refractivity contribution in [1.29, 1.82) is 0 Å². The van der Waals surface area contributed by atoms with Gasteiger partial charge in [0.05, 0.1) is 0 Å². The molecule has 0 aromatic heterocycles. The molecule has 0 radical (unpaired) electrons. The van der Waals surface area contributed by atoms with Gasteiger partial charge in [0.15, 0.2) is 0 Å². The van der Waals surface area contributed by atoms with E-state index in [4.69, 9.17) is 4.74 Å². The highest BCUT2D eigenvalue weighted by Crippen LogP contribution is 2.28. The van der Waals surface area contributed by atoms with Crippen molar-refractivity contribution in [3.05, 3.63) is 29.8 Å². The highest BCUT2D eigenvalue weighted by atomic mass is 16.6. The minimum absolute atomic E-state index is 0.0332. The zero-order chi connectivity index (χ0) is 16.1. The molecule has 126 valence electrons. The average molecular weight is 316 g/mol. The number of benzene rings is 1. The fourth-order valence-corrected chi connectivity index (χ4v) is 3.87. The van der Waals surface area contributed by atoms with Crippen molar-refractivity contribution in [2.75, 3.05) is 18.4 Å². The molecular weight excluding hydrogens is 288 g/mol. The molecule has 2 unspecified atom stereocenters. The maximum atomic E-state index is 12.3. The van der Waals surface area contributed by atoms with E-state index in [1.807, 2.05) is 31.2 Å². The summed E-state index contributed by atoms with van der Waals surface area (Å²) in [7, 11) is 0. The number of nitrogens with one attached hydrogen (secondary N) is 1. The van der Waals surface area contributed by atoms with Crippen LogP contribution in [0.4, 0.5) is 10.5 Å². The van der Waals surface area contributed by atoms with E-state index in [0.717, 1.165) is 43.6 Å². The number of nitrogens with zero attached hydrogens (tertiary/aromatic N) is 1. The Morgan fingerprint density at radius 1 is 1.09 bits per heavy atom. The van der Waals surface area contributed by atoms with Gasteiger partial charge in [0.1, 0.15) is 6.10 Å². The van der Waals surface area contributed by atoms with E-state index in [9.17, 15) is 4.79 Å². The monoisotopic (exact) mass is 316 g/mol. The topological polar surface area (TPSA) is 41.6 Å². The zero-order valence-electron chi connectivity index (χ0n) is 14.1. The van der Waals surface area contributed by atoms with Crippen molar-refractivity contribution in [3.63, 3.8) is 0 Å². The lowest BCUT2D eigenvalue weighted by atomic mass is 9.90. The van der Waals surface area contributed by atoms with E-state index in [2.05, 4.69) is 10.2 Å². The molecule has 4 nitrogen and oxygen atoms in total. The molecule has 1 aromatic rings. The third-order valence-electron chi connectivity index (χ3n) is 5.17. The lowest BCUT2D eigenvalue weighted by Crippen LogP contribution is -2.49. The summed E-state index contributed by atoms with van der Waals surface area (Å²) in [6.45, 7) is 4.31. The van der Waals surface area contributed by atoms with E-state index in [0.29, 0.717) is 6.04 Å². The van der Waals surface area contributed by atoms with Crippen LogP contribution < -0.4 is 5.32 Å². The number of likely N-dealkylation sites (tertiary alicyclic amines) is 1. The van der Waals surface area contributed by atoms with Crippen LogP contribution in [0.1, 0.15) is 50.5 Å². The number of ether oxygens (including phenoxy) is 1. The Bertz CT molecular complexity index is 526. The zero-order valence-corrected chi connectivity index (χ0v) is 14.1. The van der Waals surface area contributed by atoms with Gasteiger partial charge in [0.2, 0.25) is 0 Å². The third-order valence-corrected chi connectivity index (χ3v) is 5.17. The summed E-state index contributed by atoms with van der Waals surface area (Å²) in [6, 6.07) is 8.22. The SMILES string of the molecule is Cc1ccccc1NC(=O)OC1CCCCC1N1CCCCC1. The van der Waals surface area contributed by atoms with Crippen LogP contribution in [0, 0.1) is 6.92 Å². The number of para-hydroxylation sites is 1. The Morgan fingerprint density at radius 2 is 1.83 bits per heavy atom. The molecular formula is C19H28N2O2. The van der Waals surface area contributed by atoms with Crippen molar-refractivity contribution in [1.82, 2.24) is 4.90 Å². The maximum absolute atomic E-state index is 12.3. The second kappa shape index (κ2) is 7.82. The standard InChI is InChI=1S/C19H28N2O2/c1-15-9-3-4-10-16(15)20-19(22)23-18-12-6-5-11-17(18)21-13-7-2-8-14-21/h3-4,9-10,17-18H,2,5-8,11-14H2,1H3,(H,20,22). The summed E-state index contributed by atoms with van der Waals surface area (Å²) >= 11 is 0. The molecule has 3 rings (SSSR count). The van der Waals surface area contributed by atoms with Crippen molar-refractivity contribution in [2.24, 2.45) is 0 Å². The van der Waals surface area contributed by atoms with E-state index in [1.54, 1.807) is 0 Å². The summed E-state index contributed by atoms with van der Waals surface area (Å²) in [5, 5.41) is 2.90. The minimum atomic E-state index is -0.312. The predicted molar refractivity (Wildman–Crippen MR) is 92.8 cm³/mol.